The summed E-state index contributed by atoms with van der Waals surface area (Å²) in [5, 5.41) is 10.1. The van der Waals surface area contributed by atoms with E-state index >= 15 is 0 Å². The van der Waals surface area contributed by atoms with Gasteiger partial charge in [-0.05, 0) is 73.5 Å². The largest absolute Gasteiger partial charge is 0.344 e. The smallest absolute Gasteiger partial charge is 0.282 e. The van der Waals surface area contributed by atoms with E-state index in [0.29, 0.717) is 40.1 Å². The highest BCUT2D eigenvalue weighted by molar-refractivity contribution is 6.11. The number of hydrogen-bond acceptors (Lipinski definition) is 5. The van der Waals surface area contributed by atoms with Gasteiger partial charge in [-0.3, -0.25) is 14.8 Å². The normalized spacial score (nSPS) is 17.3. The number of hydrogen-bond donors (Lipinski definition) is 2. The zero-order valence-corrected chi connectivity index (χ0v) is 21.0. The molecule has 0 saturated carbocycles. The molecule has 2 fully saturated rings. The molecule has 2 aliphatic heterocycles. The number of alkyl halides is 2. The summed E-state index contributed by atoms with van der Waals surface area (Å²) < 4.78 is 55.8. The van der Waals surface area contributed by atoms with Crippen LogP contribution in [0.15, 0.2) is 48.7 Å². The van der Waals surface area contributed by atoms with Gasteiger partial charge in [-0.25, -0.2) is 22.5 Å². The number of aromatic nitrogens is 3. The van der Waals surface area contributed by atoms with E-state index in [9.17, 15) is 22.4 Å². The summed E-state index contributed by atoms with van der Waals surface area (Å²) in [4.78, 5) is 20.9. The first-order chi connectivity index (χ1) is 18.8. The maximum Gasteiger partial charge on any atom is 0.282 e. The molecule has 2 aromatic carbocycles. The van der Waals surface area contributed by atoms with Crippen LogP contribution in [-0.4, -0.2) is 58.1 Å². The lowest BCUT2D eigenvalue weighted by molar-refractivity contribution is -0.0267. The van der Waals surface area contributed by atoms with Crippen molar-refractivity contribution in [3.8, 4) is 11.1 Å². The number of fused-ring (bicyclic) bond motifs is 1. The summed E-state index contributed by atoms with van der Waals surface area (Å²) in [6.07, 6.45) is 4.75. The Labute approximate surface area is 221 Å². The van der Waals surface area contributed by atoms with Gasteiger partial charge >= 0.3 is 0 Å². The molecule has 1 amide bonds. The van der Waals surface area contributed by atoms with Crippen molar-refractivity contribution < 1.29 is 22.4 Å². The number of carbonyl (C=O) groups excluding carboxylic acids is 1. The lowest BCUT2D eigenvalue weighted by atomic mass is 9.99. The van der Waals surface area contributed by atoms with Crippen LogP contribution in [0, 0.1) is 11.6 Å². The SMILES string of the molecule is O=C(Nc1ccc(N2CC(F)(F)C2)nc1)c1n[nH]c2ccc(-c3cc(CN4CCCCC4)cc(F)c3F)cc12. The number of anilines is 2. The van der Waals surface area contributed by atoms with Crippen LogP contribution >= 0.6 is 0 Å². The molecular formula is C28H26F4N6O. The molecule has 6 rings (SSSR count). The van der Waals surface area contributed by atoms with Crippen LogP contribution in [0.25, 0.3) is 22.0 Å². The molecule has 0 atom stereocenters. The second-order valence-corrected chi connectivity index (χ2v) is 10.2. The fraction of sp³-hybridized carbons (Fsp3) is 0.321. The molecule has 2 aliphatic rings. The summed E-state index contributed by atoms with van der Waals surface area (Å²) in [6.45, 7) is 1.62. The number of amides is 1. The van der Waals surface area contributed by atoms with Crippen LogP contribution in [0.3, 0.4) is 0 Å². The van der Waals surface area contributed by atoms with E-state index in [4.69, 9.17) is 0 Å². The van der Waals surface area contributed by atoms with E-state index in [1.165, 1.54) is 23.6 Å². The molecule has 39 heavy (non-hydrogen) atoms. The molecule has 4 heterocycles. The number of aromatic amines is 1. The summed E-state index contributed by atoms with van der Waals surface area (Å²) in [5.41, 5.74) is 2.22. The Morgan fingerprint density at radius 2 is 1.82 bits per heavy atom. The van der Waals surface area contributed by atoms with Crippen molar-refractivity contribution >= 4 is 28.3 Å². The highest BCUT2D eigenvalue weighted by Gasteiger charge is 2.44. The maximum absolute atomic E-state index is 14.9. The molecule has 11 heteroatoms. The summed E-state index contributed by atoms with van der Waals surface area (Å²) in [5.74, 6) is -4.71. The van der Waals surface area contributed by atoms with Crippen LogP contribution in [0.4, 0.5) is 29.1 Å². The molecule has 0 radical (unpaired) electrons. The quantitative estimate of drug-likeness (QED) is 0.313. The Kier molecular flexibility index (Phi) is 6.46. The first kappa shape index (κ1) is 25.3. The second-order valence-electron chi connectivity index (χ2n) is 10.2. The minimum absolute atomic E-state index is 0.0728. The summed E-state index contributed by atoms with van der Waals surface area (Å²) in [7, 11) is 0. The molecule has 2 saturated heterocycles. The number of H-pyrrole nitrogens is 1. The van der Waals surface area contributed by atoms with Crippen molar-refractivity contribution in [2.45, 2.75) is 31.7 Å². The Hall–Kier alpha value is -3.99. The average Bonchev–Trinajstić information content (AvgIpc) is 3.34. The molecule has 0 bridgehead atoms. The van der Waals surface area contributed by atoms with Crippen molar-refractivity contribution in [1.82, 2.24) is 20.1 Å². The van der Waals surface area contributed by atoms with Gasteiger partial charge in [0.2, 0.25) is 0 Å². The van der Waals surface area contributed by atoms with Gasteiger partial charge in [0, 0.05) is 17.5 Å². The Morgan fingerprint density at radius 1 is 1.03 bits per heavy atom. The van der Waals surface area contributed by atoms with Crippen LogP contribution in [0.2, 0.25) is 0 Å². The van der Waals surface area contributed by atoms with Gasteiger partial charge in [0.1, 0.15) is 5.82 Å². The van der Waals surface area contributed by atoms with Crippen molar-refractivity contribution in [3.63, 3.8) is 0 Å². The summed E-state index contributed by atoms with van der Waals surface area (Å²) >= 11 is 0. The predicted molar refractivity (Wildman–Crippen MR) is 140 cm³/mol. The number of nitrogens with one attached hydrogen (secondary N) is 2. The zero-order chi connectivity index (χ0) is 27.1. The fourth-order valence-corrected chi connectivity index (χ4v) is 5.19. The second kappa shape index (κ2) is 9.96. The maximum atomic E-state index is 14.9. The van der Waals surface area contributed by atoms with E-state index in [1.807, 2.05) is 0 Å². The van der Waals surface area contributed by atoms with Gasteiger partial charge < -0.3 is 10.2 Å². The lowest BCUT2D eigenvalue weighted by Gasteiger charge is -2.39. The van der Waals surface area contributed by atoms with E-state index < -0.39 is 23.5 Å². The third-order valence-corrected chi connectivity index (χ3v) is 7.21. The number of benzene rings is 2. The molecule has 2 N–H and O–H groups in total. The van der Waals surface area contributed by atoms with Gasteiger partial charge in [-0.2, -0.15) is 5.10 Å². The van der Waals surface area contributed by atoms with Crippen molar-refractivity contribution in [2.24, 2.45) is 0 Å². The Bertz CT molecular complexity index is 1520. The van der Waals surface area contributed by atoms with Gasteiger partial charge in [0.05, 0.1) is 30.5 Å². The highest BCUT2D eigenvalue weighted by atomic mass is 19.3. The number of piperidine rings is 1. The highest BCUT2D eigenvalue weighted by Crippen LogP contribution is 2.32. The van der Waals surface area contributed by atoms with Crippen molar-refractivity contribution in [1.29, 1.82) is 0 Å². The van der Waals surface area contributed by atoms with Crippen LogP contribution in [0.5, 0.6) is 0 Å². The van der Waals surface area contributed by atoms with Gasteiger partial charge in [-0.15, -0.1) is 0 Å². The minimum Gasteiger partial charge on any atom is -0.344 e. The third kappa shape index (κ3) is 5.18. The number of rotatable bonds is 6. The number of carbonyl (C=O) groups is 1. The van der Waals surface area contributed by atoms with Gasteiger partial charge in [0.15, 0.2) is 17.3 Å². The van der Waals surface area contributed by atoms with Crippen LogP contribution in [-0.2, 0) is 6.54 Å². The lowest BCUT2D eigenvalue weighted by Crippen LogP contribution is -2.56. The minimum atomic E-state index is -2.71. The molecular weight excluding hydrogens is 512 g/mol. The first-order valence-electron chi connectivity index (χ1n) is 12.8. The van der Waals surface area contributed by atoms with E-state index in [2.05, 4.69) is 25.4 Å². The molecule has 202 valence electrons. The fourth-order valence-electron chi connectivity index (χ4n) is 5.19. The molecule has 0 aliphatic carbocycles. The first-order valence-corrected chi connectivity index (χ1v) is 12.8. The van der Waals surface area contributed by atoms with Gasteiger partial charge in [-0.1, -0.05) is 12.5 Å². The number of halogens is 4. The monoisotopic (exact) mass is 538 g/mol. The number of nitrogens with zero attached hydrogens (tertiary/aromatic N) is 4. The summed E-state index contributed by atoms with van der Waals surface area (Å²) in [6, 6.07) is 11.0. The van der Waals surface area contributed by atoms with E-state index in [-0.39, 0.29) is 24.3 Å². The number of pyridine rings is 1. The van der Waals surface area contributed by atoms with Gasteiger partial charge in [0.25, 0.3) is 11.8 Å². The van der Waals surface area contributed by atoms with Crippen molar-refractivity contribution in [2.75, 3.05) is 36.4 Å². The Morgan fingerprint density at radius 3 is 2.54 bits per heavy atom. The zero-order valence-electron chi connectivity index (χ0n) is 21.0. The molecule has 0 spiro atoms. The van der Waals surface area contributed by atoms with Crippen LogP contribution in [0.1, 0.15) is 35.3 Å². The molecule has 4 aromatic rings. The van der Waals surface area contributed by atoms with Crippen molar-refractivity contribution in [3.05, 3.63) is 71.6 Å². The number of likely N-dealkylation sites (tertiary alicyclic amines) is 1. The topological polar surface area (TPSA) is 77.1 Å². The average molecular weight is 539 g/mol. The third-order valence-electron chi connectivity index (χ3n) is 7.21. The van der Waals surface area contributed by atoms with E-state index in [0.717, 1.165) is 25.9 Å². The van der Waals surface area contributed by atoms with Crippen LogP contribution < -0.4 is 10.2 Å². The molecule has 7 nitrogen and oxygen atoms in total. The molecule has 0 unspecified atom stereocenters. The predicted octanol–water partition coefficient (Wildman–Crippen LogP) is 5.60. The standard InChI is InChI=1S/C28H26F4N6O/c29-22-11-17(14-37-8-2-1-3-9-37)10-20(25(22)30)18-4-6-23-21(12-18)26(36-35-23)27(39)34-19-5-7-24(33-13-19)38-15-28(31,32)16-38/h4-7,10-13H,1-3,8-9,14-16H2,(H,34,39)(H,35,36). The van der Waals surface area contributed by atoms with E-state index in [1.54, 1.807) is 36.4 Å². The Balaban J connectivity index is 1.23. The molecule has 2 aromatic heterocycles.